The maximum atomic E-state index is 11.6. The molecule has 1 aromatic rings. The third kappa shape index (κ3) is 3.75. The molecule has 0 aliphatic carbocycles. The highest BCUT2D eigenvalue weighted by atomic mass is 32.2. The zero-order valence-corrected chi connectivity index (χ0v) is 9.74. The summed E-state index contributed by atoms with van der Waals surface area (Å²) in [6.45, 7) is 0. The number of carbonyl (C=O) groups is 1. The van der Waals surface area contributed by atoms with Crippen molar-refractivity contribution in [1.82, 2.24) is 0 Å². The molecule has 0 aliphatic rings. The summed E-state index contributed by atoms with van der Waals surface area (Å²) in [5.74, 6) is -1.45. The van der Waals surface area contributed by atoms with Crippen LogP contribution < -0.4 is 0 Å². The minimum Gasteiger partial charge on any atom is -0.479 e. The van der Waals surface area contributed by atoms with E-state index in [1.807, 2.05) is 0 Å². The van der Waals surface area contributed by atoms with Gasteiger partial charge in [-0.05, 0) is 18.2 Å². The summed E-state index contributed by atoms with van der Waals surface area (Å²) in [6, 6.07) is 4.97. The molecule has 96 valence electrons. The number of aliphatic hydroxyl groups is 1. The molecule has 8 heteroatoms. The topological polar surface area (TPSA) is 118 Å². The normalized spacial score (nSPS) is 14.3. The number of aliphatic carboxylic acids is 1. The highest BCUT2D eigenvalue weighted by Gasteiger charge is 2.10. The Morgan fingerprint density at radius 3 is 2.39 bits per heavy atom. The van der Waals surface area contributed by atoms with E-state index in [-0.39, 0.29) is 10.6 Å². The van der Waals surface area contributed by atoms with Gasteiger partial charge in [-0.3, -0.25) is 10.1 Å². The second kappa shape index (κ2) is 6.03. The minimum atomic E-state index is -1.73. The van der Waals surface area contributed by atoms with Crippen molar-refractivity contribution >= 4 is 22.5 Å². The number of hydrogen-bond acceptors (Lipinski definition) is 5. The maximum Gasteiger partial charge on any atom is 0.336 e. The zero-order chi connectivity index (χ0) is 13.7. The average molecular weight is 271 g/mol. The molecule has 1 aromatic carbocycles. The summed E-state index contributed by atoms with van der Waals surface area (Å²) in [5.41, 5.74) is -0.134. The van der Waals surface area contributed by atoms with Gasteiger partial charge in [0.1, 0.15) is 0 Å². The van der Waals surface area contributed by atoms with Gasteiger partial charge < -0.3 is 10.2 Å². The quantitative estimate of drug-likeness (QED) is 0.600. The van der Waals surface area contributed by atoms with Crippen molar-refractivity contribution in [3.05, 3.63) is 45.9 Å². The zero-order valence-electron chi connectivity index (χ0n) is 8.92. The van der Waals surface area contributed by atoms with E-state index in [0.717, 1.165) is 11.5 Å². The molecule has 0 aromatic heterocycles. The molecule has 0 radical (unpaired) electrons. The monoisotopic (exact) mass is 271 g/mol. The number of carboxylic acids is 1. The van der Waals surface area contributed by atoms with Gasteiger partial charge in [0.05, 0.1) is 15.7 Å². The van der Waals surface area contributed by atoms with E-state index in [9.17, 15) is 19.1 Å². The van der Waals surface area contributed by atoms with Crippen LogP contribution in [-0.4, -0.2) is 31.4 Å². The summed E-state index contributed by atoms with van der Waals surface area (Å²) in [4.78, 5) is 20.4. The lowest BCUT2D eigenvalue weighted by atomic mass is 10.3. The van der Waals surface area contributed by atoms with Gasteiger partial charge in [-0.25, -0.2) is 9.00 Å². The first-order valence-corrected chi connectivity index (χ1v) is 5.87. The summed E-state index contributed by atoms with van der Waals surface area (Å²) in [5, 5.41) is 28.7. The second-order valence-electron chi connectivity index (χ2n) is 3.16. The second-order valence-corrected chi connectivity index (χ2v) is 4.50. The minimum absolute atomic E-state index is 0.134. The largest absolute Gasteiger partial charge is 0.479 e. The predicted molar refractivity (Wildman–Crippen MR) is 62.3 cm³/mol. The van der Waals surface area contributed by atoms with Crippen LogP contribution in [0, 0.1) is 10.1 Å². The van der Waals surface area contributed by atoms with Crippen molar-refractivity contribution in [1.29, 1.82) is 0 Å². The van der Waals surface area contributed by atoms with Crippen LogP contribution >= 0.6 is 0 Å². The van der Waals surface area contributed by atoms with Crippen LogP contribution in [0.1, 0.15) is 0 Å². The SMILES string of the molecule is O=C(O)C(O)C=CS(=O)c1ccc([N+](=O)[O-])cc1. The van der Waals surface area contributed by atoms with Crippen LogP contribution in [0.4, 0.5) is 5.69 Å². The molecule has 7 nitrogen and oxygen atoms in total. The highest BCUT2D eigenvalue weighted by molar-refractivity contribution is 7.88. The Labute approximate surface area is 104 Å². The number of hydrogen-bond donors (Lipinski definition) is 2. The Kier molecular flexibility index (Phi) is 4.69. The Bertz CT molecular complexity index is 510. The highest BCUT2D eigenvalue weighted by Crippen LogP contribution is 2.15. The van der Waals surface area contributed by atoms with E-state index in [2.05, 4.69) is 0 Å². The summed E-state index contributed by atoms with van der Waals surface area (Å²) in [7, 11) is -1.67. The molecule has 0 saturated heterocycles. The Hall–Kier alpha value is -2.06. The molecule has 2 unspecified atom stereocenters. The van der Waals surface area contributed by atoms with E-state index in [1.165, 1.54) is 24.3 Å². The molecular weight excluding hydrogens is 262 g/mol. The number of non-ortho nitro benzene ring substituents is 1. The molecule has 0 amide bonds. The van der Waals surface area contributed by atoms with Crippen LogP contribution in [0.25, 0.3) is 0 Å². The molecule has 0 spiro atoms. The van der Waals surface area contributed by atoms with Crippen molar-refractivity contribution in [3.8, 4) is 0 Å². The first-order chi connectivity index (χ1) is 8.41. The molecule has 0 aliphatic heterocycles. The molecule has 0 saturated carbocycles. The van der Waals surface area contributed by atoms with Gasteiger partial charge >= 0.3 is 5.97 Å². The third-order valence-corrected chi connectivity index (χ3v) is 3.06. The smallest absolute Gasteiger partial charge is 0.336 e. The first kappa shape index (κ1) is 14.0. The Morgan fingerprint density at radius 1 is 1.39 bits per heavy atom. The van der Waals surface area contributed by atoms with Crippen molar-refractivity contribution in [2.24, 2.45) is 0 Å². The van der Waals surface area contributed by atoms with Crippen molar-refractivity contribution in [3.63, 3.8) is 0 Å². The van der Waals surface area contributed by atoms with Crippen LogP contribution in [0.3, 0.4) is 0 Å². The van der Waals surface area contributed by atoms with Crippen molar-refractivity contribution in [2.75, 3.05) is 0 Å². The molecule has 1 rings (SSSR count). The van der Waals surface area contributed by atoms with Gasteiger partial charge in [0.15, 0.2) is 6.10 Å². The van der Waals surface area contributed by atoms with Gasteiger partial charge in [-0.2, -0.15) is 0 Å². The van der Waals surface area contributed by atoms with E-state index >= 15 is 0 Å². The number of rotatable bonds is 5. The third-order valence-electron chi connectivity index (χ3n) is 1.92. The number of aliphatic hydroxyl groups excluding tert-OH is 1. The lowest BCUT2D eigenvalue weighted by Crippen LogP contribution is -2.16. The molecule has 0 fully saturated rings. The van der Waals surface area contributed by atoms with Gasteiger partial charge in [-0.1, -0.05) is 0 Å². The van der Waals surface area contributed by atoms with E-state index in [1.54, 1.807) is 0 Å². The van der Waals surface area contributed by atoms with Crippen LogP contribution in [0.2, 0.25) is 0 Å². The van der Waals surface area contributed by atoms with Crippen molar-refractivity contribution < 1.29 is 24.1 Å². The van der Waals surface area contributed by atoms with Crippen LogP contribution in [0.5, 0.6) is 0 Å². The summed E-state index contributed by atoms with van der Waals surface area (Å²) < 4.78 is 11.6. The number of nitro groups is 1. The van der Waals surface area contributed by atoms with Gasteiger partial charge in [0, 0.05) is 22.4 Å². The number of nitro benzene ring substituents is 1. The average Bonchev–Trinajstić information content (AvgIpc) is 2.35. The number of nitrogens with zero attached hydrogens (tertiary/aromatic N) is 1. The number of carboxylic acid groups (broad SMARTS) is 1. The van der Waals surface area contributed by atoms with E-state index < -0.39 is 27.8 Å². The first-order valence-electron chi connectivity index (χ1n) is 4.66. The molecule has 0 bridgehead atoms. The predicted octanol–water partition coefficient (Wildman–Crippen LogP) is 0.662. The molecule has 18 heavy (non-hydrogen) atoms. The summed E-state index contributed by atoms with van der Waals surface area (Å²) >= 11 is 0. The number of benzene rings is 1. The lowest BCUT2D eigenvalue weighted by Gasteiger charge is -1.98. The van der Waals surface area contributed by atoms with Crippen LogP contribution in [0.15, 0.2) is 40.6 Å². The van der Waals surface area contributed by atoms with Crippen LogP contribution in [-0.2, 0) is 15.6 Å². The van der Waals surface area contributed by atoms with Gasteiger partial charge in [-0.15, -0.1) is 0 Å². The van der Waals surface area contributed by atoms with E-state index in [4.69, 9.17) is 10.2 Å². The Morgan fingerprint density at radius 2 is 1.94 bits per heavy atom. The molecule has 2 atom stereocenters. The standard InChI is InChI=1S/C10H9NO6S/c12-9(10(13)14)5-6-18(17)8-3-1-7(2-4-8)11(15)16/h1-6,9,12H,(H,13,14). The van der Waals surface area contributed by atoms with E-state index in [0.29, 0.717) is 0 Å². The van der Waals surface area contributed by atoms with Gasteiger partial charge in [0.25, 0.3) is 5.69 Å². The van der Waals surface area contributed by atoms with Gasteiger partial charge in [0.2, 0.25) is 0 Å². The fraction of sp³-hybridized carbons (Fsp3) is 0.100. The maximum absolute atomic E-state index is 11.6. The Balaban J connectivity index is 2.79. The lowest BCUT2D eigenvalue weighted by molar-refractivity contribution is -0.384. The fourth-order valence-electron chi connectivity index (χ4n) is 1.01. The van der Waals surface area contributed by atoms with Crippen molar-refractivity contribution in [2.45, 2.75) is 11.0 Å². The molecular formula is C10H9NO6S. The molecule has 0 heterocycles. The summed E-state index contributed by atoms with van der Waals surface area (Å²) in [6.07, 6.45) is -0.855. The fourth-order valence-corrected chi connectivity index (χ4v) is 1.86. The molecule has 2 N–H and O–H groups in total.